The first kappa shape index (κ1) is 19.4. The van der Waals surface area contributed by atoms with Crippen LogP contribution >= 0.6 is 0 Å². The molecular weight excluding hydrogens is 346 g/mol. The number of ether oxygens (including phenoxy) is 2. The van der Waals surface area contributed by atoms with Crippen LogP contribution in [0.5, 0.6) is 5.75 Å². The Labute approximate surface area is 149 Å². The van der Waals surface area contributed by atoms with E-state index < -0.39 is 12.6 Å². The number of aromatic nitrogens is 1. The molecule has 0 atom stereocenters. The molecule has 2 aromatic rings. The highest BCUT2D eigenvalue weighted by Crippen LogP contribution is 2.19. The maximum absolute atomic E-state index is 12.3. The van der Waals surface area contributed by atoms with Crippen molar-refractivity contribution in [2.24, 2.45) is 0 Å². The molecule has 0 spiro atoms. The number of rotatable bonds is 7. The Morgan fingerprint density at radius 1 is 1.19 bits per heavy atom. The molecule has 0 saturated carbocycles. The van der Waals surface area contributed by atoms with Gasteiger partial charge in [0, 0.05) is 12.2 Å². The molecule has 1 aromatic heterocycles. The van der Waals surface area contributed by atoms with Crippen molar-refractivity contribution in [3.05, 3.63) is 52.3 Å². The van der Waals surface area contributed by atoms with Crippen LogP contribution in [0.25, 0.3) is 0 Å². The van der Waals surface area contributed by atoms with Gasteiger partial charge in [-0.2, -0.15) is 8.78 Å². The molecule has 2 rings (SSSR count). The number of amides is 1. The summed E-state index contributed by atoms with van der Waals surface area (Å²) >= 11 is 0. The molecule has 1 aromatic carbocycles. The van der Waals surface area contributed by atoms with Crippen molar-refractivity contribution in [1.29, 1.82) is 0 Å². The highest BCUT2D eigenvalue weighted by atomic mass is 19.3. The normalized spacial score (nSPS) is 10.7. The monoisotopic (exact) mass is 366 g/mol. The van der Waals surface area contributed by atoms with Crippen molar-refractivity contribution in [1.82, 2.24) is 10.3 Å². The zero-order valence-electron chi connectivity index (χ0n) is 14.7. The number of alkyl halides is 2. The van der Waals surface area contributed by atoms with Gasteiger partial charge in [-0.05, 0) is 43.5 Å². The average Bonchev–Trinajstić information content (AvgIpc) is 2.90. The Hall–Kier alpha value is -2.90. The fourth-order valence-corrected chi connectivity index (χ4v) is 2.63. The third-order valence-electron chi connectivity index (χ3n) is 3.90. The van der Waals surface area contributed by atoms with Crippen molar-refractivity contribution in [3.8, 4) is 5.75 Å². The van der Waals surface area contributed by atoms with Crippen molar-refractivity contribution in [2.75, 3.05) is 13.7 Å². The van der Waals surface area contributed by atoms with E-state index in [-0.39, 0.29) is 11.7 Å². The van der Waals surface area contributed by atoms with Crippen LogP contribution < -0.4 is 10.1 Å². The predicted molar refractivity (Wildman–Crippen MR) is 90.7 cm³/mol. The Balaban J connectivity index is 1.94. The second-order valence-corrected chi connectivity index (χ2v) is 5.64. The maximum Gasteiger partial charge on any atom is 0.387 e. The summed E-state index contributed by atoms with van der Waals surface area (Å²) in [7, 11) is 1.28. The third kappa shape index (κ3) is 4.59. The largest absolute Gasteiger partial charge is 0.465 e. The number of aryl methyl sites for hydroxylation is 1. The molecule has 0 unspecified atom stereocenters. The third-order valence-corrected chi connectivity index (χ3v) is 3.90. The minimum Gasteiger partial charge on any atom is -0.465 e. The molecule has 140 valence electrons. The number of benzene rings is 1. The number of aromatic amines is 1. The number of hydrogen-bond donors (Lipinski definition) is 2. The molecule has 26 heavy (non-hydrogen) atoms. The number of carbonyl (C=O) groups excluding carboxylic acids is 2. The van der Waals surface area contributed by atoms with Crippen LogP contribution in [0.3, 0.4) is 0 Å². The van der Waals surface area contributed by atoms with Gasteiger partial charge in [0.1, 0.15) is 11.4 Å². The number of methoxy groups -OCH3 is 1. The lowest BCUT2D eigenvalue weighted by Gasteiger charge is -2.07. The molecule has 0 radical (unpaired) electrons. The van der Waals surface area contributed by atoms with Gasteiger partial charge >= 0.3 is 12.6 Å². The molecule has 0 saturated heterocycles. The minimum absolute atomic E-state index is 0.0839. The lowest BCUT2D eigenvalue weighted by molar-refractivity contribution is -0.0498. The maximum atomic E-state index is 12.3. The fourth-order valence-electron chi connectivity index (χ4n) is 2.63. The molecule has 8 heteroatoms. The van der Waals surface area contributed by atoms with E-state index in [4.69, 9.17) is 4.74 Å². The highest BCUT2D eigenvalue weighted by Gasteiger charge is 2.22. The van der Waals surface area contributed by atoms with Crippen LogP contribution in [0.2, 0.25) is 0 Å². The van der Waals surface area contributed by atoms with Gasteiger partial charge in [0.05, 0.1) is 12.7 Å². The van der Waals surface area contributed by atoms with Gasteiger partial charge in [0.15, 0.2) is 0 Å². The number of nitrogens with one attached hydrogen (secondary N) is 2. The Morgan fingerprint density at radius 2 is 1.85 bits per heavy atom. The van der Waals surface area contributed by atoms with E-state index in [9.17, 15) is 18.4 Å². The molecule has 0 aliphatic carbocycles. The smallest absolute Gasteiger partial charge is 0.387 e. The molecule has 1 amide bonds. The number of hydrogen-bond acceptors (Lipinski definition) is 4. The molecule has 0 aliphatic rings. The van der Waals surface area contributed by atoms with E-state index in [0.717, 1.165) is 5.56 Å². The van der Waals surface area contributed by atoms with Crippen LogP contribution in [-0.2, 0) is 11.2 Å². The lowest BCUT2D eigenvalue weighted by Crippen LogP contribution is -2.26. The van der Waals surface area contributed by atoms with Gasteiger partial charge in [-0.3, -0.25) is 4.79 Å². The summed E-state index contributed by atoms with van der Waals surface area (Å²) in [6.45, 7) is 0.854. The van der Waals surface area contributed by atoms with E-state index in [0.29, 0.717) is 35.5 Å². The van der Waals surface area contributed by atoms with Crippen LogP contribution in [0.4, 0.5) is 8.78 Å². The number of esters is 1. The van der Waals surface area contributed by atoms with E-state index in [2.05, 4.69) is 15.0 Å². The molecule has 0 aliphatic heterocycles. The van der Waals surface area contributed by atoms with Gasteiger partial charge in [0.2, 0.25) is 0 Å². The molecular formula is C18H20F2N2O4. The quantitative estimate of drug-likeness (QED) is 0.739. The Bertz CT molecular complexity index is 785. The Morgan fingerprint density at radius 3 is 2.42 bits per heavy atom. The molecule has 0 bridgehead atoms. The van der Waals surface area contributed by atoms with Gasteiger partial charge in [0.25, 0.3) is 5.91 Å². The highest BCUT2D eigenvalue weighted by molar-refractivity contribution is 6.00. The predicted octanol–water partition coefficient (Wildman–Crippen LogP) is 2.99. The summed E-state index contributed by atoms with van der Waals surface area (Å²) in [5, 5.41) is 2.76. The van der Waals surface area contributed by atoms with Gasteiger partial charge in [-0.25, -0.2) is 4.79 Å². The van der Waals surface area contributed by atoms with Crippen molar-refractivity contribution in [3.63, 3.8) is 0 Å². The summed E-state index contributed by atoms with van der Waals surface area (Å²) in [6.07, 6.45) is 0.517. The fraction of sp³-hybridized carbons (Fsp3) is 0.333. The summed E-state index contributed by atoms with van der Waals surface area (Å²) in [6, 6.07) is 6.21. The van der Waals surface area contributed by atoms with Gasteiger partial charge < -0.3 is 19.8 Å². The van der Waals surface area contributed by atoms with E-state index in [1.807, 2.05) is 0 Å². The van der Waals surface area contributed by atoms with Crippen LogP contribution in [0.1, 0.15) is 37.7 Å². The second-order valence-electron chi connectivity index (χ2n) is 5.64. The number of carbonyl (C=O) groups is 2. The average molecular weight is 366 g/mol. The summed E-state index contributed by atoms with van der Waals surface area (Å²) < 4.78 is 33.2. The van der Waals surface area contributed by atoms with Crippen LogP contribution in [0, 0.1) is 13.8 Å². The topological polar surface area (TPSA) is 80.4 Å². The molecule has 1 heterocycles. The van der Waals surface area contributed by atoms with Gasteiger partial charge in [-0.1, -0.05) is 12.1 Å². The first-order chi connectivity index (χ1) is 12.3. The minimum atomic E-state index is -2.86. The van der Waals surface area contributed by atoms with E-state index in [1.165, 1.54) is 19.2 Å². The van der Waals surface area contributed by atoms with Crippen molar-refractivity contribution < 1.29 is 27.8 Å². The number of halogens is 2. The SMILES string of the molecule is COC(=O)c1c(C)[nH]c(C(=O)NCCc2ccc(OC(F)F)cc2)c1C. The molecule has 0 fully saturated rings. The first-order valence-corrected chi connectivity index (χ1v) is 7.93. The van der Waals surface area contributed by atoms with Gasteiger partial charge in [-0.15, -0.1) is 0 Å². The standard InChI is InChI=1S/C18H20F2N2O4/c1-10-14(17(24)25-3)11(2)22-15(10)16(23)21-9-8-12-4-6-13(7-5-12)26-18(19)20/h4-7,18,22H,8-9H2,1-3H3,(H,21,23). The van der Waals surface area contributed by atoms with Crippen molar-refractivity contribution >= 4 is 11.9 Å². The molecule has 6 nitrogen and oxygen atoms in total. The van der Waals surface area contributed by atoms with Crippen LogP contribution in [0.15, 0.2) is 24.3 Å². The lowest BCUT2D eigenvalue weighted by atomic mass is 10.1. The van der Waals surface area contributed by atoms with E-state index in [1.54, 1.807) is 26.0 Å². The first-order valence-electron chi connectivity index (χ1n) is 7.93. The Kier molecular flexibility index (Phi) is 6.32. The molecule has 2 N–H and O–H groups in total. The zero-order valence-corrected chi connectivity index (χ0v) is 14.7. The van der Waals surface area contributed by atoms with Crippen LogP contribution in [-0.4, -0.2) is 37.1 Å². The summed E-state index contributed by atoms with van der Waals surface area (Å²) in [5.74, 6) is -0.750. The summed E-state index contributed by atoms with van der Waals surface area (Å²) in [5.41, 5.74) is 2.62. The number of H-pyrrole nitrogens is 1. The second kappa shape index (κ2) is 8.46. The van der Waals surface area contributed by atoms with Crippen molar-refractivity contribution in [2.45, 2.75) is 26.9 Å². The zero-order chi connectivity index (χ0) is 19.3. The summed E-state index contributed by atoms with van der Waals surface area (Å²) in [4.78, 5) is 27.0. The van der Waals surface area contributed by atoms with E-state index >= 15 is 0 Å².